The minimum Gasteiger partial charge on any atom is -0.403 e. The summed E-state index contributed by atoms with van der Waals surface area (Å²) in [5.41, 5.74) is 10.5. The Kier molecular flexibility index (Phi) is 8.04. The van der Waals surface area contributed by atoms with Gasteiger partial charge in [-0.1, -0.05) is 17.4 Å². The molecule has 1 fully saturated rings. The number of hydrogen-bond acceptors (Lipinski definition) is 7. The number of carbonyl (C=O) groups excluding carboxylic acids is 1. The van der Waals surface area contributed by atoms with Crippen molar-refractivity contribution in [1.29, 1.82) is 0 Å². The highest BCUT2D eigenvalue weighted by atomic mass is 32.1. The second-order valence-electron chi connectivity index (χ2n) is 7.21. The monoisotopic (exact) mass is 503 g/mol. The van der Waals surface area contributed by atoms with Crippen molar-refractivity contribution in [3.05, 3.63) is 47.4 Å². The van der Waals surface area contributed by atoms with E-state index in [0.29, 0.717) is 43.9 Å². The zero-order chi connectivity index (χ0) is 24.9. The number of carbonyl (C=O) groups is 1. The Hall–Kier alpha value is -3.26. The summed E-state index contributed by atoms with van der Waals surface area (Å²) in [4.78, 5) is 22.1. The lowest BCUT2D eigenvalue weighted by atomic mass is 10.2. The molecule has 1 aliphatic rings. The van der Waals surface area contributed by atoms with Crippen LogP contribution in [0.15, 0.2) is 35.1 Å². The molecule has 1 aromatic heterocycles. The van der Waals surface area contributed by atoms with Gasteiger partial charge < -0.3 is 27.0 Å². The lowest BCUT2D eigenvalue weighted by Crippen LogP contribution is -2.41. The predicted octanol–water partition coefficient (Wildman–Crippen LogP) is 2.46. The van der Waals surface area contributed by atoms with Crippen LogP contribution in [0.5, 0.6) is 0 Å². The van der Waals surface area contributed by atoms with E-state index in [-0.39, 0.29) is 27.2 Å². The molecule has 1 aliphatic heterocycles. The van der Waals surface area contributed by atoms with Gasteiger partial charge in [-0.15, -0.1) is 0 Å². The number of amidine groups is 1. The number of alkyl halides is 3. The second-order valence-corrected chi connectivity index (χ2v) is 8.24. The summed E-state index contributed by atoms with van der Waals surface area (Å²) >= 11 is 0.689. The molecule has 3 rings (SSSR count). The van der Waals surface area contributed by atoms with Crippen LogP contribution >= 0.6 is 11.3 Å². The Balaban J connectivity index is 1.89. The zero-order valence-electron chi connectivity index (χ0n) is 17.8. The Morgan fingerprint density at radius 1 is 1.26 bits per heavy atom. The highest BCUT2D eigenvalue weighted by Gasteiger charge is 2.29. The third-order valence-electron chi connectivity index (χ3n) is 4.75. The van der Waals surface area contributed by atoms with E-state index in [2.05, 4.69) is 20.6 Å². The maximum atomic E-state index is 14.1. The van der Waals surface area contributed by atoms with E-state index < -0.39 is 35.8 Å². The van der Waals surface area contributed by atoms with E-state index in [9.17, 15) is 26.7 Å². The molecule has 0 atom stereocenters. The van der Waals surface area contributed by atoms with E-state index in [1.807, 2.05) is 0 Å². The predicted molar refractivity (Wildman–Crippen MR) is 119 cm³/mol. The Morgan fingerprint density at radius 2 is 1.97 bits per heavy atom. The van der Waals surface area contributed by atoms with Crippen LogP contribution in [0.4, 0.5) is 27.0 Å². The maximum absolute atomic E-state index is 14.1. The number of thiazole rings is 1. The van der Waals surface area contributed by atoms with Crippen molar-refractivity contribution >= 4 is 28.1 Å². The molecule has 34 heavy (non-hydrogen) atoms. The highest BCUT2D eigenvalue weighted by Crippen LogP contribution is 2.33. The van der Waals surface area contributed by atoms with E-state index in [4.69, 9.17) is 11.5 Å². The van der Waals surface area contributed by atoms with Crippen LogP contribution in [0.25, 0.3) is 10.6 Å². The van der Waals surface area contributed by atoms with E-state index in [0.717, 1.165) is 18.3 Å². The first-order valence-corrected chi connectivity index (χ1v) is 10.9. The number of benzene rings is 1. The van der Waals surface area contributed by atoms with Gasteiger partial charge >= 0.3 is 6.18 Å². The van der Waals surface area contributed by atoms with Crippen molar-refractivity contribution in [2.24, 2.45) is 10.7 Å². The zero-order valence-corrected chi connectivity index (χ0v) is 18.6. The molecule has 6 N–H and O–H groups in total. The second kappa shape index (κ2) is 10.8. The summed E-state index contributed by atoms with van der Waals surface area (Å²) in [6, 6.07) is 3.24. The van der Waals surface area contributed by atoms with Crippen molar-refractivity contribution in [1.82, 2.24) is 20.5 Å². The molecule has 0 saturated carbocycles. The van der Waals surface area contributed by atoms with E-state index >= 15 is 0 Å². The first-order chi connectivity index (χ1) is 16.1. The third-order valence-corrected chi connectivity index (χ3v) is 5.65. The van der Waals surface area contributed by atoms with Crippen LogP contribution in [0.3, 0.4) is 0 Å². The molecule has 2 heterocycles. The summed E-state index contributed by atoms with van der Waals surface area (Å²) in [6.45, 7) is 0.399. The van der Waals surface area contributed by atoms with Crippen molar-refractivity contribution in [2.45, 2.75) is 12.6 Å². The quantitative estimate of drug-likeness (QED) is 0.283. The molecular formula is C20H22F5N7OS. The fourth-order valence-electron chi connectivity index (χ4n) is 3.23. The van der Waals surface area contributed by atoms with Gasteiger partial charge in [-0.05, 0) is 25.1 Å². The summed E-state index contributed by atoms with van der Waals surface area (Å²) in [5.74, 6) is -2.84. The van der Waals surface area contributed by atoms with Gasteiger partial charge in [0.15, 0.2) is 5.69 Å². The number of rotatable bonds is 5. The van der Waals surface area contributed by atoms with Gasteiger partial charge in [0.2, 0.25) is 0 Å². The third kappa shape index (κ3) is 6.20. The number of hydrogen-bond donors (Lipinski definition) is 4. The molecule has 184 valence electrons. The van der Waals surface area contributed by atoms with Crippen molar-refractivity contribution < 1.29 is 26.7 Å². The van der Waals surface area contributed by atoms with Gasteiger partial charge in [0.25, 0.3) is 5.91 Å². The van der Waals surface area contributed by atoms with Gasteiger partial charge in [-0.25, -0.2) is 13.8 Å². The normalized spacial score (nSPS) is 15.9. The molecule has 0 radical (unpaired) electrons. The van der Waals surface area contributed by atoms with Crippen LogP contribution < -0.4 is 22.1 Å². The molecule has 0 bridgehead atoms. The number of anilines is 1. The first kappa shape index (κ1) is 25.4. The standard InChI is InChI=1S/C20H22F5N7OS/c21-11-3-1-4-12(22)14(11)19-31-15(16(27)34-19)18(33)30-13(9-26)17(29-10-20(23,24)25)32-7-2-5-28-6-8-32/h1,3-4,9,28H,2,5-8,10,26-27H2,(H,30,33)/b13-9+,29-17?. The van der Waals surface area contributed by atoms with Crippen molar-refractivity contribution in [3.63, 3.8) is 0 Å². The van der Waals surface area contributed by atoms with Gasteiger partial charge in [-0.3, -0.25) is 9.79 Å². The molecule has 2 aromatic rings. The maximum Gasteiger partial charge on any atom is 0.408 e. The molecule has 1 amide bonds. The van der Waals surface area contributed by atoms with Gasteiger partial charge in [-0.2, -0.15) is 13.2 Å². The van der Waals surface area contributed by atoms with Gasteiger partial charge in [0, 0.05) is 25.8 Å². The fourth-order valence-corrected chi connectivity index (χ4v) is 4.11. The van der Waals surface area contributed by atoms with Gasteiger partial charge in [0.1, 0.15) is 34.0 Å². The topological polar surface area (TPSA) is 122 Å². The average molecular weight is 504 g/mol. The molecular weight excluding hydrogens is 481 g/mol. The number of nitrogens with one attached hydrogen (secondary N) is 2. The number of aliphatic imine (C=N–C) groups is 1. The summed E-state index contributed by atoms with van der Waals surface area (Å²) in [6.07, 6.45) is -3.02. The van der Waals surface area contributed by atoms with Crippen LogP contribution in [-0.2, 0) is 0 Å². The molecule has 0 unspecified atom stereocenters. The summed E-state index contributed by atoms with van der Waals surface area (Å²) in [7, 11) is 0. The summed E-state index contributed by atoms with van der Waals surface area (Å²) < 4.78 is 66.9. The number of amides is 1. The van der Waals surface area contributed by atoms with Gasteiger partial charge in [0.05, 0.1) is 11.3 Å². The first-order valence-electron chi connectivity index (χ1n) is 10.1. The van der Waals surface area contributed by atoms with Crippen LogP contribution in [0, 0.1) is 11.6 Å². The highest BCUT2D eigenvalue weighted by molar-refractivity contribution is 7.19. The van der Waals surface area contributed by atoms with Crippen LogP contribution in [-0.4, -0.2) is 60.5 Å². The van der Waals surface area contributed by atoms with Crippen molar-refractivity contribution in [3.8, 4) is 10.6 Å². The minimum absolute atomic E-state index is 0.140. The van der Waals surface area contributed by atoms with E-state index in [1.54, 1.807) is 4.90 Å². The Labute approximate surface area is 195 Å². The molecule has 14 heteroatoms. The fraction of sp³-hybridized carbons (Fsp3) is 0.350. The largest absolute Gasteiger partial charge is 0.408 e. The van der Waals surface area contributed by atoms with Crippen LogP contribution in [0.1, 0.15) is 16.9 Å². The lowest BCUT2D eigenvalue weighted by Gasteiger charge is -2.26. The molecule has 1 saturated heterocycles. The van der Waals surface area contributed by atoms with Crippen LogP contribution in [0.2, 0.25) is 0 Å². The molecule has 1 aromatic carbocycles. The number of halogens is 5. The lowest BCUT2D eigenvalue weighted by molar-refractivity contribution is -0.118. The van der Waals surface area contributed by atoms with Crippen molar-refractivity contribution in [2.75, 3.05) is 38.5 Å². The molecule has 8 nitrogen and oxygen atoms in total. The Bertz CT molecular complexity index is 1070. The average Bonchev–Trinajstić information content (AvgIpc) is 2.96. The number of aromatic nitrogens is 1. The number of nitrogens with two attached hydrogens (primary N) is 2. The SMILES string of the molecule is N/C=C(/NC(=O)c1nc(-c2c(F)cccc2F)sc1N)C(=NCC(F)(F)F)N1CCCNCC1. The Morgan fingerprint density at radius 3 is 2.62 bits per heavy atom. The number of nitrogens with zero attached hydrogens (tertiary/aromatic N) is 3. The molecule has 0 spiro atoms. The molecule has 0 aliphatic carbocycles. The summed E-state index contributed by atoms with van der Waals surface area (Å²) in [5, 5.41) is 5.20. The number of nitrogen functional groups attached to an aromatic ring is 1. The van der Waals surface area contributed by atoms with E-state index in [1.165, 1.54) is 6.07 Å². The minimum atomic E-state index is -4.57. The smallest absolute Gasteiger partial charge is 0.403 e.